The molecule has 0 aliphatic carbocycles. The van der Waals surface area contributed by atoms with Gasteiger partial charge in [0, 0.05) is 53.0 Å². The van der Waals surface area contributed by atoms with Crippen LogP contribution in [0.15, 0.2) is 18.3 Å². The Morgan fingerprint density at radius 1 is 1.30 bits per heavy atom. The molecule has 2 rings (SSSR count). The normalized spacial score (nSPS) is 16.2. The summed E-state index contributed by atoms with van der Waals surface area (Å²) in [5, 5.41) is 7.87. The average molecular weight is 342 g/mol. The van der Waals surface area contributed by atoms with Crippen LogP contribution in [0.3, 0.4) is 0 Å². The monoisotopic (exact) mass is 342 g/mol. The number of urea groups is 1. The number of piperazine rings is 1. The van der Waals surface area contributed by atoms with Crippen molar-refractivity contribution < 1.29 is 13.2 Å². The molecule has 1 aliphatic heterocycles. The molecule has 2 heterocycles. The highest BCUT2D eigenvalue weighted by molar-refractivity contribution is 7.86. The molecular weight excluding hydrogens is 320 g/mol. The third-order valence-corrected chi connectivity index (χ3v) is 4.68. The number of hydrogen-bond acceptors (Lipinski definition) is 5. The maximum Gasteiger partial charge on any atom is 0.317 e. The van der Waals surface area contributed by atoms with Crippen molar-refractivity contribution in [1.82, 2.24) is 19.5 Å². The fraction of sp³-hybridized carbons (Fsp3) is 0.538. The van der Waals surface area contributed by atoms with E-state index in [-0.39, 0.29) is 19.1 Å². The van der Waals surface area contributed by atoms with Gasteiger partial charge in [-0.15, -0.1) is 0 Å². The molecule has 0 aromatic carbocycles. The second kappa shape index (κ2) is 7.11. The van der Waals surface area contributed by atoms with Gasteiger partial charge in [0.1, 0.15) is 5.82 Å². The predicted molar refractivity (Wildman–Crippen MR) is 87.1 cm³/mol. The zero-order chi connectivity index (χ0) is 17.0. The minimum Gasteiger partial charge on any atom is -0.363 e. The second-order valence-electron chi connectivity index (χ2n) is 5.51. The standard InChI is InChI=1S/C13H22N6O3S/c1-17(2)12-4-3-11(9-15-12)10-16-13(20)18-5-7-19(8-6-18)23(14,21)22/h3-4,9H,5-8,10H2,1-2H3,(H,16,20)(H2,14,21,22). The summed E-state index contributed by atoms with van der Waals surface area (Å²) in [5.74, 6) is 0.846. The fourth-order valence-electron chi connectivity index (χ4n) is 2.22. The highest BCUT2D eigenvalue weighted by Gasteiger charge is 2.26. The van der Waals surface area contributed by atoms with Gasteiger partial charge in [-0.05, 0) is 11.6 Å². The Hall–Kier alpha value is -1.91. The molecule has 0 saturated carbocycles. The van der Waals surface area contributed by atoms with Crippen LogP contribution in [0.2, 0.25) is 0 Å². The molecule has 23 heavy (non-hydrogen) atoms. The van der Waals surface area contributed by atoms with Crippen molar-refractivity contribution in [1.29, 1.82) is 0 Å². The van der Waals surface area contributed by atoms with E-state index in [0.29, 0.717) is 19.6 Å². The van der Waals surface area contributed by atoms with Crippen LogP contribution in [-0.4, -0.2) is 68.9 Å². The van der Waals surface area contributed by atoms with Gasteiger partial charge in [-0.25, -0.2) is 14.9 Å². The summed E-state index contributed by atoms with van der Waals surface area (Å²) in [6, 6.07) is 3.56. The van der Waals surface area contributed by atoms with E-state index >= 15 is 0 Å². The lowest BCUT2D eigenvalue weighted by molar-refractivity contribution is 0.172. The number of carbonyl (C=O) groups is 1. The lowest BCUT2D eigenvalue weighted by atomic mass is 10.3. The second-order valence-corrected chi connectivity index (χ2v) is 7.06. The zero-order valence-electron chi connectivity index (χ0n) is 13.3. The third kappa shape index (κ3) is 4.78. The van der Waals surface area contributed by atoms with Gasteiger partial charge in [0.25, 0.3) is 10.2 Å². The van der Waals surface area contributed by atoms with Crippen LogP contribution in [0, 0.1) is 0 Å². The highest BCUT2D eigenvalue weighted by atomic mass is 32.2. The summed E-state index contributed by atoms with van der Waals surface area (Å²) in [6.07, 6.45) is 1.72. The number of pyridine rings is 1. The van der Waals surface area contributed by atoms with Crippen molar-refractivity contribution in [2.45, 2.75) is 6.54 Å². The van der Waals surface area contributed by atoms with Gasteiger partial charge in [0.15, 0.2) is 0 Å². The number of anilines is 1. The van der Waals surface area contributed by atoms with Crippen LogP contribution in [0.1, 0.15) is 5.56 Å². The summed E-state index contributed by atoms with van der Waals surface area (Å²) in [7, 11) is 0.137. The lowest BCUT2D eigenvalue weighted by Crippen LogP contribution is -2.54. The first kappa shape index (κ1) is 17.4. The maximum atomic E-state index is 12.1. The number of aromatic nitrogens is 1. The van der Waals surface area contributed by atoms with Crippen LogP contribution < -0.4 is 15.4 Å². The minimum absolute atomic E-state index is 0.214. The van der Waals surface area contributed by atoms with Gasteiger partial charge in [-0.2, -0.15) is 12.7 Å². The predicted octanol–water partition coefficient (Wildman–Crippen LogP) is -0.822. The number of nitrogens with one attached hydrogen (secondary N) is 1. The number of nitrogens with two attached hydrogens (primary N) is 1. The van der Waals surface area contributed by atoms with Crippen molar-refractivity contribution in [2.24, 2.45) is 5.14 Å². The molecule has 0 bridgehead atoms. The Morgan fingerprint density at radius 2 is 1.96 bits per heavy atom. The third-order valence-electron chi connectivity index (χ3n) is 3.60. The zero-order valence-corrected chi connectivity index (χ0v) is 14.1. The number of hydrogen-bond donors (Lipinski definition) is 2. The number of rotatable bonds is 4. The minimum atomic E-state index is -3.68. The average Bonchev–Trinajstić information content (AvgIpc) is 2.52. The van der Waals surface area contributed by atoms with E-state index in [0.717, 1.165) is 11.4 Å². The Balaban J connectivity index is 1.81. The molecule has 0 atom stereocenters. The molecule has 0 radical (unpaired) electrons. The Kier molecular flexibility index (Phi) is 5.39. The maximum absolute atomic E-state index is 12.1. The van der Waals surface area contributed by atoms with Crippen molar-refractivity contribution >= 4 is 22.1 Å². The van der Waals surface area contributed by atoms with E-state index in [1.165, 1.54) is 4.31 Å². The quantitative estimate of drug-likeness (QED) is 0.742. The molecule has 1 aromatic heterocycles. The first-order valence-electron chi connectivity index (χ1n) is 7.20. The van der Waals surface area contributed by atoms with Crippen molar-refractivity contribution in [3.05, 3.63) is 23.9 Å². The number of carbonyl (C=O) groups excluding carboxylic acids is 1. The van der Waals surface area contributed by atoms with Crippen LogP contribution in [0.4, 0.5) is 10.6 Å². The van der Waals surface area contributed by atoms with Gasteiger partial charge in [0.05, 0.1) is 0 Å². The molecule has 9 nitrogen and oxygen atoms in total. The summed E-state index contributed by atoms with van der Waals surface area (Å²) in [6.45, 7) is 1.44. The van der Waals surface area contributed by atoms with Crippen molar-refractivity contribution in [2.75, 3.05) is 45.2 Å². The fourth-order valence-corrected chi connectivity index (χ4v) is 2.89. The molecule has 1 aromatic rings. The summed E-state index contributed by atoms with van der Waals surface area (Å²) < 4.78 is 23.6. The molecule has 2 amide bonds. The molecular formula is C13H22N6O3S. The van der Waals surface area contributed by atoms with Crippen LogP contribution >= 0.6 is 0 Å². The van der Waals surface area contributed by atoms with E-state index in [9.17, 15) is 13.2 Å². The number of nitrogens with zero attached hydrogens (tertiary/aromatic N) is 4. The van der Waals surface area contributed by atoms with E-state index in [2.05, 4.69) is 10.3 Å². The first-order chi connectivity index (χ1) is 10.8. The van der Waals surface area contributed by atoms with E-state index in [1.807, 2.05) is 31.1 Å². The molecule has 1 aliphatic rings. The van der Waals surface area contributed by atoms with Crippen LogP contribution in [0.5, 0.6) is 0 Å². The first-order valence-corrected chi connectivity index (χ1v) is 8.70. The van der Waals surface area contributed by atoms with E-state index < -0.39 is 10.2 Å². The number of amides is 2. The molecule has 1 fully saturated rings. The van der Waals surface area contributed by atoms with E-state index in [4.69, 9.17) is 5.14 Å². The molecule has 1 saturated heterocycles. The molecule has 3 N–H and O–H groups in total. The van der Waals surface area contributed by atoms with Crippen LogP contribution in [0.25, 0.3) is 0 Å². The molecule has 0 unspecified atom stereocenters. The van der Waals surface area contributed by atoms with Gasteiger partial charge >= 0.3 is 6.03 Å². The SMILES string of the molecule is CN(C)c1ccc(CNC(=O)N2CCN(S(N)(=O)=O)CC2)cn1. The molecule has 0 spiro atoms. The molecule has 128 valence electrons. The summed E-state index contributed by atoms with van der Waals surface area (Å²) >= 11 is 0. The van der Waals surface area contributed by atoms with E-state index in [1.54, 1.807) is 11.1 Å². The van der Waals surface area contributed by atoms with Crippen molar-refractivity contribution in [3.8, 4) is 0 Å². The Morgan fingerprint density at radius 3 is 2.43 bits per heavy atom. The summed E-state index contributed by atoms with van der Waals surface area (Å²) in [4.78, 5) is 19.8. The smallest absolute Gasteiger partial charge is 0.317 e. The van der Waals surface area contributed by atoms with Gasteiger partial charge in [0.2, 0.25) is 0 Å². The Labute approximate surface area is 136 Å². The van der Waals surface area contributed by atoms with Gasteiger partial charge in [-0.3, -0.25) is 0 Å². The Bertz CT molecular complexity index is 638. The topological polar surface area (TPSA) is 112 Å². The molecule has 10 heteroatoms. The van der Waals surface area contributed by atoms with Gasteiger partial charge < -0.3 is 15.1 Å². The largest absolute Gasteiger partial charge is 0.363 e. The van der Waals surface area contributed by atoms with Crippen LogP contribution in [-0.2, 0) is 16.8 Å². The van der Waals surface area contributed by atoms with Crippen molar-refractivity contribution in [3.63, 3.8) is 0 Å². The van der Waals surface area contributed by atoms with Gasteiger partial charge in [-0.1, -0.05) is 6.07 Å². The summed E-state index contributed by atoms with van der Waals surface area (Å²) in [5.41, 5.74) is 0.895. The highest BCUT2D eigenvalue weighted by Crippen LogP contribution is 2.08. The lowest BCUT2D eigenvalue weighted by Gasteiger charge is -2.32.